The molecule has 9 heteroatoms. The lowest BCUT2D eigenvalue weighted by molar-refractivity contribution is -0.181. The predicted molar refractivity (Wildman–Crippen MR) is 86.2 cm³/mol. The molecule has 3 rings (SSSR count). The number of carbonyl (C=O) groups excluding carboxylic acids is 1. The summed E-state index contributed by atoms with van der Waals surface area (Å²) in [6.07, 6.45) is -3.64. The number of hydrogen-bond acceptors (Lipinski definition) is 6. The Bertz CT molecular complexity index is 466. The lowest BCUT2D eigenvalue weighted by Gasteiger charge is -2.41. The highest BCUT2D eigenvalue weighted by Gasteiger charge is 2.58. The molecule has 1 aliphatic heterocycles. The first-order valence-electron chi connectivity index (χ1n) is 8.74. The van der Waals surface area contributed by atoms with Crippen molar-refractivity contribution in [2.45, 2.75) is 81.1 Å². The Hall–Kier alpha value is -0.670. The van der Waals surface area contributed by atoms with E-state index >= 15 is 0 Å². The van der Waals surface area contributed by atoms with Gasteiger partial charge in [-0.2, -0.15) is 0 Å². The first kappa shape index (κ1) is 19.1. The molecule has 0 bridgehead atoms. The van der Waals surface area contributed by atoms with Gasteiger partial charge in [0.05, 0.1) is 5.88 Å². The van der Waals surface area contributed by atoms with Gasteiger partial charge in [-0.3, -0.25) is 0 Å². The van der Waals surface area contributed by atoms with Crippen LogP contribution < -0.4 is 5.32 Å². The van der Waals surface area contributed by atoms with Crippen molar-refractivity contribution < 1.29 is 33.2 Å². The van der Waals surface area contributed by atoms with Gasteiger partial charge in [-0.05, 0) is 12.8 Å². The molecule has 1 amide bonds. The highest BCUT2D eigenvalue weighted by molar-refractivity contribution is 6.18. The van der Waals surface area contributed by atoms with Crippen molar-refractivity contribution in [2.24, 2.45) is 0 Å². The Kier molecular flexibility index (Phi) is 6.38. The van der Waals surface area contributed by atoms with Crippen LogP contribution in [0.5, 0.6) is 0 Å². The van der Waals surface area contributed by atoms with E-state index in [0.29, 0.717) is 0 Å². The van der Waals surface area contributed by atoms with Crippen LogP contribution in [0, 0.1) is 0 Å². The highest BCUT2D eigenvalue weighted by Crippen LogP contribution is 2.37. The third kappa shape index (κ3) is 4.03. The number of methoxy groups -OCH3 is 1. The van der Waals surface area contributed by atoms with E-state index in [1.54, 1.807) is 0 Å². The fourth-order valence-electron chi connectivity index (χ4n) is 3.87. The Labute approximate surface area is 151 Å². The molecular formula is C16H25ClFNO6. The standard InChI is InChI=1S/C16H25ClFNO6/c1-22-12-10(18)13(15-14(11(12)20)23-9(7-17)24-15)25-16(21)19-8-5-3-2-4-6-8/h8-15,20H,2-7H2,1H3,(H,19,21)/t9?,10-,11+,12-,13-,14-,15+/m1/s1. The zero-order chi connectivity index (χ0) is 18.0. The number of aliphatic hydroxyl groups is 1. The van der Waals surface area contributed by atoms with Gasteiger partial charge < -0.3 is 29.4 Å². The van der Waals surface area contributed by atoms with E-state index in [4.69, 9.17) is 30.5 Å². The minimum atomic E-state index is -1.74. The molecule has 0 aromatic rings. The molecule has 3 aliphatic rings. The van der Waals surface area contributed by atoms with Gasteiger partial charge in [-0.1, -0.05) is 19.3 Å². The van der Waals surface area contributed by atoms with Gasteiger partial charge in [-0.15, -0.1) is 11.6 Å². The first-order valence-corrected chi connectivity index (χ1v) is 9.27. The van der Waals surface area contributed by atoms with Crippen LogP contribution in [-0.2, 0) is 18.9 Å². The van der Waals surface area contributed by atoms with E-state index in [9.17, 15) is 14.3 Å². The molecule has 0 spiro atoms. The summed E-state index contributed by atoms with van der Waals surface area (Å²) in [6, 6.07) is 0.0406. The molecule has 7 nitrogen and oxygen atoms in total. The van der Waals surface area contributed by atoms with E-state index in [1.807, 2.05) is 0 Å². The number of rotatable bonds is 4. The fraction of sp³-hybridized carbons (Fsp3) is 0.938. The van der Waals surface area contributed by atoms with Gasteiger partial charge in [0.25, 0.3) is 0 Å². The monoisotopic (exact) mass is 381 g/mol. The van der Waals surface area contributed by atoms with Crippen LogP contribution >= 0.6 is 11.6 Å². The number of amides is 1. The van der Waals surface area contributed by atoms with Crippen LogP contribution in [0.3, 0.4) is 0 Å². The maximum Gasteiger partial charge on any atom is 0.407 e. The molecule has 144 valence electrons. The average Bonchev–Trinajstić information content (AvgIpc) is 3.05. The van der Waals surface area contributed by atoms with Crippen molar-refractivity contribution in [3.05, 3.63) is 0 Å². The molecule has 2 aliphatic carbocycles. The molecule has 1 heterocycles. The summed E-state index contributed by atoms with van der Waals surface area (Å²) in [7, 11) is 1.29. The van der Waals surface area contributed by atoms with E-state index in [2.05, 4.69) is 5.32 Å². The van der Waals surface area contributed by atoms with E-state index in [1.165, 1.54) is 7.11 Å². The number of aliphatic hydroxyl groups excluding tert-OH is 1. The summed E-state index contributed by atoms with van der Waals surface area (Å²) >= 11 is 5.73. The maximum atomic E-state index is 14.8. The van der Waals surface area contributed by atoms with Gasteiger partial charge in [0.1, 0.15) is 24.4 Å². The van der Waals surface area contributed by atoms with Crippen molar-refractivity contribution in [3.63, 3.8) is 0 Å². The van der Waals surface area contributed by atoms with Crippen molar-refractivity contribution in [2.75, 3.05) is 13.0 Å². The maximum absolute atomic E-state index is 14.8. The minimum Gasteiger partial charge on any atom is -0.440 e. The van der Waals surface area contributed by atoms with E-state index < -0.39 is 49.1 Å². The van der Waals surface area contributed by atoms with E-state index in [0.717, 1.165) is 32.1 Å². The number of nitrogens with one attached hydrogen (secondary N) is 1. The van der Waals surface area contributed by atoms with Gasteiger partial charge in [-0.25, -0.2) is 9.18 Å². The number of alkyl carbamates (subject to hydrolysis) is 1. The third-order valence-corrected chi connectivity index (χ3v) is 5.39. The molecule has 3 fully saturated rings. The second-order valence-electron chi connectivity index (χ2n) is 6.77. The minimum absolute atomic E-state index is 0.0231. The summed E-state index contributed by atoms with van der Waals surface area (Å²) in [5.74, 6) is 0.0231. The van der Waals surface area contributed by atoms with Gasteiger partial charge >= 0.3 is 6.09 Å². The second-order valence-corrected chi connectivity index (χ2v) is 7.08. The predicted octanol–water partition coefficient (Wildman–Crippen LogP) is 1.49. The third-order valence-electron chi connectivity index (χ3n) is 5.13. The van der Waals surface area contributed by atoms with Crippen LogP contribution in [0.15, 0.2) is 0 Å². The molecule has 1 unspecified atom stereocenters. The summed E-state index contributed by atoms with van der Waals surface area (Å²) in [6.45, 7) is 0. The molecule has 0 aromatic heterocycles. The van der Waals surface area contributed by atoms with Crippen LogP contribution in [0.1, 0.15) is 32.1 Å². The summed E-state index contributed by atoms with van der Waals surface area (Å²) in [4.78, 5) is 12.2. The number of fused-ring (bicyclic) bond motifs is 1. The summed E-state index contributed by atoms with van der Waals surface area (Å²) in [5, 5.41) is 13.0. The normalized spacial score (nSPS) is 42.0. The zero-order valence-corrected chi connectivity index (χ0v) is 14.9. The molecule has 2 saturated carbocycles. The van der Waals surface area contributed by atoms with Crippen LogP contribution in [0.2, 0.25) is 0 Å². The number of alkyl halides is 2. The average molecular weight is 382 g/mol. The topological polar surface area (TPSA) is 86.2 Å². The van der Waals surface area contributed by atoms with Crippen LogP contribution in [-0.4, -0.2) is 73.2 Å². The lowest BCUT2D eigenvalue weighted by Crippen LogP contribution is -2.63. The van der Waals surface area contributed by atoms with Crippen LogP contribution in [0.25, 0.3) is 0 Å². The fourth-order valence-corrected chi connectivity index (χ4v) is 4.01. The lowest BCUT2D eigenvalue weighted by atomic mass is 9.85. The molecule has 2 N–H and O–H groups in total. The quantitative estimate of drug-likeness (QED) is 0.717. The van der Waals surface area contributed by atoms with Crippen molar-refractivity contribution >= 4 is 17.7 Å². The Morgan fingerprint density at radius 2 is 1.92 bits per heavy atom. The second kappa shape index (κ2) is 8.35. The summed E-state index contributed by atoms with van der Waals surface area (Å²) < 4.78 is 36.2. The Morgan fingerprint density at radius 3 is 2.56 bits per heavy atom. The largest absolute Gasteiger partial charge is 0.440 e. The van der Waals surface area contributed by atoms with Gasteiger partial charge in [0, 0.05) is 13.2 Å². The van der Waals surface area contributed by atoms with Gasteiger partial charge in [0.2, 0.25) is 0 Å². The smallest absolute Gasteiger partial charge is 0.407 e. The zero-order valence-electron chi connectivity index (χ0n) is 14.1. The number of ether oxygens (including phenoxy) is 4. The molecular weight excluding hydrogens is 357 g/mol. The van der Waals surface area contributed by atoms with E-state index in [-0.39, 0.29) is 11.9 Å². The SMILES string of the molecule is CO[C@H]1[C@H](O)[C@H]2OC(CCl)O[C@H]2[C@H](OC(=O)NC2CCCCC2)[C@@H]1F. The Balaban J connectivity index is 1.67. The highest BCUT2D eigenvalue weighted by atomic mass is 35.5. The summed E-state index contributed by atoms with van der Waals surface area (Å²) in [5.41, 5.74) is 0. The number of halogens is 2. The molecule has 0 radical (unpaired) electrons. The molecule has 25 heavy (non-hydrogen) atoms. The van der Waals surface area contributed by atoms with Gasteiger partial charge in [0.15, 0.2) is 18.6 Å². The number of carbonyl (C=O) groups is 1. The molecule has 7 atom stereocenters. The number of hydrogen-bond donors (Lipinski definition) is 2. The first-order chi connectivity index (χ1) is 12.0. The van der Waals surface area contributed by atoms with Crippen molar-refractivity contribution in [1.29, 1.82) is 0 Å². The Morgan fingerprint density at radius 1 is 1.24 bits per heavy atom. The van der Waals surface area contributed by atoms with Crippen LogP contribution in [0.4, 0.5) is 9.18 Å². The molecule has 0 aromatic carbocycles. The molecule has 1 saturated heterocycles. The van der Waals surface area contributed by atoms with Crippen molar-refractivity contribution in [3.8, 4) is 0 Å². The van der Waals surface area contributed by atoms with Crippen molar-refractivity contribution in [1.82, 2.24) is 5.32 Å².